The minimum Gasteiger partial charge on any atom is -0.493 e. The quantitative estimate of drug-likeness (QED) is 0.607. The van der Waals surface area contributed by atoms with Gasteiger partial charge in [-0.15, -0.1) is 0 Å². The van der Waals surface area contributed by atoms with E-state index in [9.17, 15) is 0 Å². The normalized spacial score (nSPS) is 12.3. The number of ether oxygens (including phenoxy) is 1. The molecule has 1 aromatic heterocycles. The van der Waals surface area contributed by atoms with Crippen LogP contribution in [0.1, 0.15) is 30.5 Å². The summed E-state index contributed by atoms with van der Waals surface area (Å²) in [6, 6.07) is 9.64. The molecule has 1 aromatic carbocycles. The van der Waals surface area contributed by atoms with Crippen molar-refractivity contribution < 1.29 is 9.15 Å². The van der Waals surface area contributed by atoms with Gasteiger partial charge in [-0.3, -0.25) is 5.84 Å². The Morgan fingerprint density at radius 3 is 2.83 bits per heavy atom. The van der Waals surface area contributed by atoms with Crippen LogP contribution in [0, 0.1) is 0 Å². The van der Waals surface area contributed by atoms with E-state index in [0.29, 0.717) is 6.61 Å². The van der Waals surface area contributed by atoms with E-state index in [2.05, 4.69) is 12.3 Å². The molecule has 1 heterocycles. The van der Waals surface area contributed by atoms with Crippen LogP contribution in [0.25, 0.3) is 0 Å². The van der Waals surface area contributed by atoms with E-state index in [1.807, 2.05) is 30.3 Å². The predicted octanol–water partition coefficient (Wildman–Crippen LogP) is 2.62. The first-order valence-electron chi connectivity index (χ1n) is 6.06. The Morgan fingerprint density at radius 2 is 2.17 bits per heavy atom. The number of para-hydroxylation sites is 1. The van der Waals surface area contributed by atoms with Crippen molar-refractivity contribution in [2.45, 2.75) is 19.4 Å². The zero-order valence-electron chi connectivity index (χ0n) is 10.4. The van der Waals surface area contributed by atoms with E-state index in [0.717, 1.165) is 23.3 Å². The van der Waals surface area contributed by atoms with Crippen molar-refractivity contribution >= 4 is 0 Å². The van der Waals surface area contributed by atoms with Gasteiger partial charge >= 0.3 is 0 Å². The van der Waals surface area contributed by atoms with E-state index in [4.69, 9.17) is 15.0 Å². The topological polar surface area (TPSA) is 60.4 Å². The van der Waals surface area contributed by atoms with Crippen LogP contribution < -0.4 is 16.0 Å². The molecule has 0 bridgehead atoms. The maximum absolute atomic E-state index is 5.74. The Kier molecular flexibility index (Phi) is 4.39. The van der Waals surface area contributed by atoms with Crippen molar-refractivity contribution in [3.63, 3.8) is 0 Å². The lowest BCUT2D eigenvalue weighted by molar-refractivity contribution is 0.311. The maximum atomic E-state index is 5.74. The van der Waals surface area contributed by atoms with Gasteiger partial charge in [-0.2, -0.15) is 0 Å². The summed E-state index contributed by atoms with van der Waals surface area (Å²) in [6.07, 6.45) is 4.29. The molecule has 0 aliphatic carbocycles. The number of nitrogens with one attached hydrogen (secondary N) is 1. The lowest BCUT2D eigenvalue weighted by Gasteiger charge is -2.18. The Morgan fingerprint density at radius 1 is 1.33 bits per heavy atom. The van der Waals surface area contributed by atoms with Gasteiger partial charge in [0.1, 0.15) is 5.75 Å². The minimum atomic E-state index is -0.128. The van der Waals surface area contributed by atoms with E-state index in [1.165, 1.54) is 0 Å². The molecule has 0 aliphatic heterocycles. The Labute approximate surface area is 107 Å². The first kappa shape index (κ1) is 12.7. The monoisotopic (exact) mass is 246 g/mol. The molecular weight excluding hydrogens is 228 g/mol. The van der Waals surface area contributed by atoms with Crippen LogP contribution in [-0.4, -0.2) is 6.61 Å². The molecule has 1 unspecified atom stereocenters. The van der Waals surface area contributed by atoms with Crippen LogP contribution in [-0.2, 0) is 0 Å². The average Bonchev–Trinajstić information content (AvgIpc) is 2.92. The van der Waals surface area contributed by atoms with Crippen molar-refractivity contribution in [1.29, 1.82) is 0 Å². The van der Waals surface area contributed by atoms with Gasteiger partial charge in [-0.1, -0.05) is 25.1 Å². The third-order valence-electron chi connectivity index (χ3n) is 2.73. The number of furan rings is 1. The SMILES string of the molecule is CCCOc1ccccc1C(NN)c1ccoc1. The maximum Gasteiger partial charge on any atom is 0.124 e. The molecule has 4 heteroatoms. The summed E-state index contributed by atoms with van der Waals surface area (Å²) in [5, 5.41) is 0. The number of benzene rings is 1. The Bertz CT molecular complexity index is 468. The zero-order valence-corrected chi connectivity index (χ0v) is 10.4. The van der Waals surface area contributed by atoms with Crippen LogP contribution in [0.2, 0.25) is 0 Å². The summed E-state index contributed by atoms with van der Waals surface area (Å²) in [6.45, 7) is 2.77. The highest BCUT2D eigenvalue weighted by Crippen LogP contribution is 2.29. The van der Waals surface area contributed by atoms with Gasteiger partial charge in [0, 0.05) is 11.1 Å². The van der Waals surface area contributed by atoms with Crippen LogP contribution in [0.4, 0.5) is 0 Å². The van der Waals surface area contributed by atoms with Gasteiger partial charge in [0.25, 0.3) is 0 Å². The zero-order chi connectivity index (χ0) is 12.8. The second-order valence-corrected chi connectivity index (χ2v) is 4.04. The molecular formula is C14H18N2O2. The van der Waals surface area contributed by atoms with E-state index < -0.39 is 0 Å². The van der Waals surface area contributed by atoms with Crippen LogP contribution in [0.3, 0.4) is 0 Å². The molecule has 0 spiro atoms. The van der Waals surface area contributed by atoms with E-state index >= 15 is 0 Å². The van der Waals surface area contributed by atoms with Gasteiger partial charge in [-0.05, 0) is 18.6 Å². The molecule has 0 radical (unpaired) electrons. The average molecular weight is 246 g/mol. The number of rotatable bonds is 6. The van der Waals surface area contributed by atoms with Crippen molar-refractivity contribution in [2.75, 3.05) is 6.61 Å². The van der Waals surface area contributed by atoms with Crippen LogP contribution >= 0.6 is 0 Å². The highest BCUT2D eigenvalue weighted by Gasteiger charge is 2.17. The molecule has 2 aromatic rings. The minimum absolute atomic E-state index is 0.128. The molecule has 4 nitrogen and oxygen atoms in total. The summed E-state index contributed by atoms with van der Waals surface area (Å²) in [4.78, 5) is 0. The second-order valence-electron chi connectivity index (χ2n) is 4.04. The Balaban J connectivity index is 2.30. The molecule has 0 amide bonds. The molecule has 18 heavy (non-hydrogen) atoms. The standard InChI is InChI=1S/C14H18N2O2/c1-2-8-18-13-6-4-3-5-12(13)14(16-15)11-7-9-17-10-11/h3-7,9-10,14,16H,2,8,15H2,1H3. The molecule has 96 valence electrons. The lowest BCUT2D eigenvalue weighted by atomic mass is 10.0. The summed E-state index contributed by atoms with van der Waals surface area (Å²) >= 11 is 0. The van der Waals surface area contributed by atoms with Crippen molar-refractivity contribution in [3.8, 4) is 5.75 Å². The molecule has 0 aliphatic rings. The summed E-state index contributed by atoms with van der Waals surface area (Å²) in [7, 11) is 0. The van der Waals surface area contributed by atoms with Gasteiger partial charge in [0.05, 0.1) is 25.2 Å². The number of hydrazine groups is 1. The summed E-state index contributed by atoms with van der Waals surface area (Å²) in [5.41, 5.74) is 4.78. The third-order valence-corrected chi connectivity index (χ3v) is 2.73. The van der Waals surface area contributed by atoms with Crippen molar-refractivity contribution in [1.82, 2.24) is 5.43 Å². The third kappa shape index (κ3) is 2.72. The summed E-state index contributed by atoms with van der Waals surface area (Å²) in [5.74, 6) is 6.50. The largest absolute Gasteiger partial charge is 0.493 e. The number of nitrogens with two attached hydrogens (primary N) is 1. The number of hydrogen-bond acceptors (Lipinski definition) is 4. The highest BCUT2D eigenvalue weighted by atomic mass is 16.5. The molecule has 0 saturated heterocycles. The Hall–Kier alpha value is -1.78. The van der Waals surface area contributed by atoms with Crippen LogP contribution in [0.5, 0.6) is 5.75 Å². The molecule has 2 rings (SSSR count). The van der Waals surface area contributed by atoms with Crippen LogP contribution in [0.15, 0.2) is 47.3 Å². The molecule has 1 atom stereocenters. The van der Waals surface area contributed by atoms with Gasteiger partial charge in [0.2, 0.25) is 0 Å². The van der Waals surface area contributed by atoms with E-state index in [-0.39, 0.29) is 6.04 Å². The first-order valence-corrected chi connectivity index (χ1v) is 6.06. The lowest BCUT2D eigenvalue weighted by Crippen LogP contribution is -2.28. The molecule has 0 fully saturated rings. The van der Waals surface area contributed by atoms with Crippen molar-refractivity contribution in [2.24, 2.45) is 5.84 Å². The van der Waals surface area contributed by atoms with E-state index in [1.54, 1.807) is 12.5 Å². The first-order chi connectivity index (χ1) is 8.86. The van der Waals surface area contributed by atoms with Gasteiger partial charge in [-0.25, -0.2) is 5.43 Å². The van der Waals surface area contributed by atoms with Crippen molar-refractivity contribution in [3.05, 3.63) is 54.0 Å². The fraction of sp³-hybridized carbons (Fsp3) is 0.286. The van der Waals surface area contributed by atoms with Gasteiger partial charge in [0.15, 0.2) is 0 Å². The van der Waals surface area contributed by atoms with Gasteiger partial charge < -0.3 is 9.15 Å². The predicted molar refractivity (Wildman–Crippen MR) is 70.1 cm³/mol. The fourth-order valence-corrected chi connectivity index (χ4v) is 1.87. The smallest absolute Gasteiger partial charge is 0.124 e. The summed E-state index contributed by atoms with van der Waals surface area (Å²) < 4.78 is 10.8. The molecule has 3 N–H and O–H groups in total. The highest BCUT2D eigenvalue weighted by molar-refractivity contribution is 5.40. The molecule has 0 saturated carbocycles. The number of hydrogen-bond donors (Lipinski definition) is 2. The fourth-order valence-electron chi connectivity index (χ4n) is 1.87. The second kappa shape index (κ2) is 6.23.